The average Bonchev–Trinajstić information content (AvgIpc) is 2.84. The maximum Gasteiger partial charge on any atom is 0.416 e. The number of urea groups is 1. The maximum absolute atomic E-state index is 12.6. The molecule has 118 valence electrons. The van der Waals surface area contributed by atoms with Crippen LogP contribution in [-0.4, -0.2) is 21.2 Å². The number of carbonyl (C=O) groups is 1. The van der Waals surface area contributed by atoms with Crippen LogP contribution in [0.3, 0.4) is 0 Å². The van der Waals surface area contributed by atoms with Crippen LogP contribution in [0.4, 0.5) is 23.7 Å². The zero-order valence-electron chi connectivity index (χ0n) is 11.8. The second-order valence-electron chi connectivity index (χ2n) is 4.68. The molecule has 1 heterocycles. The summed E-state index contributed by atoms with van der Waals surface area (Å²) in [5.41, 5.74) is -0.784. The Morgan fingerprint density at radius 2 is 2.09 bits per heavy atom. The molecule has 1 aromatic heterocycles. The Morgan fingerprint density at radius 3 is 2.68 bits per heavy atom. The normalized spacial score (nSPS) is 12.8. The number of aromatic nitrogens is 3. The summed E-state index contributed by atoms with van der Waals surface area (Å²) in [5.74, 6) is 0.985. The maximum atomic E-state index is 12.6. The lowest BCUT2D eigenvalue weighted by molar-refractivity contribution is -0.137. The minimum atomic E-state index is -4.46. The van der Waals surface area contributed by atoms with E-state index in [9.17, 15) is 18.0 Å². The first kappa shape index (κ1) is 15.8. The van der Waals surface area contributed by atoms with Crippen LogP contribution in [0.25, 0.3) is 0 Å². The predicted molar refractivity (Wildman–Crippen MR) is 73.1 cm³/mol. The number of anilines is 1. The van der Waals surface area contributed by atoms with Crippen LogP contribution in [-0.2, 0) is 6.18 Å². The molecule has 9 heteroatoms. The molecular formula is C13H14F3N5O. The standard InChI is InChI=1S/C13H14F3N5O/c1-7(11-18-8(2)20-21-11)17-12(22)19-10-5-3-4-9(6-10)13(14,15)16/h3-7H,1-2H3,(H2,17,19,22)(H,18,20,21)/t7-/m0/s1. The minimum Gasteiger partial charge on any atom is -0.328 e. The molecular weight excluding hydrogens is 299 g/mol. The SMILES string of the molecule is Cc1nc([C@H](C)NC(=O)Nc2cccc(C(F)(F)F)c2)n[nH]1. The van der Waals surface area contributed by atoms with Gasteiger partial charge in [-0.05, 0) is 32.0 Å². The van der Waals surface area contributed by atoms with E-state index in [0.717, 1.165) is 12.1 Å². The van der Waals surface area contributed by atoms with Crippen molar-refractivity contribution in [1.82, 2.24) is 20.5 Å². The van der Waals surface area contributed by atoms with Crippen molar-refractivity contribution in [3.05, 3.63) is 41.5 Å². The van der Waals surface area contributed by atoms with E-state index >= 15 is 0 Å². The van der Waals surface area contributed by atoms with Crippen molar-refractivity contribution in [3.63, 3.8) is 0 Å². The summed E-state index contributed by atoms with van der Waals surface area (Å²) in [6, 6.07) is 3.25. The molecule has 22 heavy (non-hydrogen) atoms. The van der Waals surface area contributed by atoms with E-state index in [4.69, 9.17) is 0 Å². The quantitative estimate of drug-likeness (QED) is 0.814. The number of aromatic amines is 1. The third-order valence-corrected chi connectivity index (χ3v) is 2.80. The van der Waals surface area contributed by atoms with E-state index in [1.54, 1.807) is 13.8 Å². The fraction of sp³-hybridized carbons (Fsp3) is 0.308. The molecule has 0 radical (unpaired) electrons. The van der Waals surface area contributed by atoms with Gasteiger partial charge in [0.2, 0.25) is 0 Å². The first-order chi connectivity index (χ1) is 10.3. The van der Waals surface area contributed by atoms with Crippen LogP contribution in [0.5, 0.6) is 0 Å². The Kier molecular flexibility index (Phi) is 4.34. The molecule has 1 atom stereocenters. The highest BCUT2D eigenvalue weighted by atomic mass is 19.4. The highest BCUT2D eigenvalue weighted by Gasteiger charge is 2.30. The van der Waals surface area contributed by atoms with Crippen molar-refractivity contribution < 1.29 is 18.0 Å². The number of carbonyl (C=O) groups excluding carboxylic acids is 1. The van der Waals surface area contributed by atoms with E-state index in [1.165, 1.54) is 12.1 Å². The van der Waals surface area contributed by atoms with E-state index < -0.39 is 23.8 Å². The number of benzene rings is 1. The predicted octanol–water partition coefficient (Wildman–Crippen LogP) is 3.01. The first-order valence-electron chi connectivity index (χ1n) is 6.39. The van der Waals surface area contributed by atoms with Gasteiger partial charge in [-0.25, -0.2) is 9.78 Å². The topological polar surface area (TPSA) is 82.7 Å². The molecule has 6 nitrogen and oxygen atoms in total. The summed E-state index contributed by atoms with van der Waals surface area (Å²) < 4.78 is 37.8. The van der Waals surface area contributed by atoms with Crippen LogP contribution in [0.1, 0.15) is 30.2 Å². The second-order valence-corrected chi connectivity index (χ2v) is 4.68. The monoisotopic (exact) mass is 313 g/mol. The van der Waals surface area contributed by atoms with Gasteiger partial charge in [0.1, 0.15) is 5.82 Å². The number of nitrogens with one attached hydrogen (secondary N) is 3. The Bertz CT molecular complexity index is 668. The van der Waals surface area contributed by atoms with Crippen LogP contribution in [0.15, 0.2) is 24.3 Å². The molecule has 0 saturated carbocycles. The van der Waals surface area contributed by atoms with Gasteiger partial charge in [-0.2, -0.15) is 18.3 Å². The first-order valence-corrected chi connectivity index (χ1v) is 6.39. The van der Waals surface area contributed by atoms with Crippen molar-refractivity contribution in [3.8, 4) is 0 Å². The molecule has 0 aliphatic heterocycles. The van der Waals surface area contributed by atoms with E-state index in [1.807, 2.05) is 0 Å². The number of nitrogens with zero attached hydrogens (tertiary/aromatic N) is 2. The molecule has 0 bridgehead atoms. The van der Waals surface area contributed by atoms with Crippen molar-refractivity contribution in [2.75, 3.05) is 5.32 Å². The third-order valence-electron chi connectivity index (χ3n) is 2.80. The summed E-state index contributed by atoms with van der Waals surface area (Å²) in [6.07, 6.45) is -4.46. The second kappa shape index (κ2) is 6.04. The van der Waals surface area contributed by atoms with Crippen molar-refractivity contribution in [2.45, 2.75) is 26.1 Å². The van der Waals surface area contributed by atoms with Crippen LogP contribution in [0, 0.1) is 6.92 Å². The van der Waals surface area contributed by atoms with Crippen LogP contribution in [0.2, 0.25) is 0 Å². The fourth-order valence-corrected chi connectivity index (χ4v) is 1.76. The number of rotatable bonds is 3. The van der Waals surface area contributed by atoms with Gasteiger partial charge in [-0.3, -0.25) is 5.10 Å². The molecule has 2 amide bonds. The fourth-order valence-electron chi connectivity index (χ4n) is 1.76. The van der Waals surface area contributed by atoms with Crippen molar-refractivity contribution in [1.29, 1.82) is 0 Å². The summed E-state index contributed by atoms with van der Waals surface area (Å²) in [5, 5.41) is 11.4. The third kappa shape index (κ3) is 3.96. The molecule has 2 aromatic rings. The van der Waals surface area contributed by atoms with Gasteiger partial charge in [0.15, 0.2) is 5.82 Å². The number of alkyl halides is 3. The van der Waals surface area contributed by atoms with Gasteiger partial charge in [0.05, 0.1) is 11.6 Å². The van der Waals surface area contributed by atoms with Crippen molar-refractivity contribution in [2.24, 2.45) is 0 Å². The highest BCUT2D eigenvalue weighted by molar-refractivity contribution is 5.89. The summed E-state index contributed by atoms with van der Waals surface area (Å²) in [6.45, 7) is 3.38. The zero-order chi connectivity index (χ0) is 16.3. The Hall–Kier alpha value is -2.58. The lowest BCUT2D eigenvalue weighted by Gasteiger charge is -2.13. The van der Waals surface area contributed by atoms with Crippen LogP contribution >= 0.6 is 0 Å². The van der Waals surface area contributed by atoms with Gasteiger partial charge in [-0.1, -0.05) is 6.07 Å². The van der Waals surface area contributed by atoms with E-state index in [-0.39, 0.29) is 5.69 Å². The molecule has 0 spiro atoms. The van der Waals surface area contributed by atoms with Crippen LogP contribution < -0.4 is 10.6 Å². The number of hydrogen-bond donors (Lipinski definition) is 3. The molecule has 0 fully saturated rings. The molecule has 0 saturated heterocycles. The van der Waals surface area contributed by atoms with E-state index in [2.05, 4.69) is 25.8 Å². The smallest absolute Gasteiger partial charge is 0.328 e. The van der Waals surface area contributed by atoms with E-state index in [0.29, 0.717) is 11.6 Å². The summed E-state index contributed by atoms with van der Waals surface area (Å²) in [7, 11) is 0. The molecule has 0 unspecified atom stereocenters. The van der Waals surface area contributed by atoms with Gasteiger partial charge < -0.3 is 10.6 Å². The number of aryl methyl sites for hydroxylation is 1. The number of amides is 2. The Labute approximate surface area is 124 Å². The average molecular weight is 313 g/mol. The Balaban J connectivity index is 2.00. The molecule has 2 rings (SSSR count). The van der Waals surface area contributed by atoms with Gasteiger partial charge in [-0.15, -0.1) is 0 Å². The van der Waals surface area contributed by atoms with Gasteiger partial charge in [0.25, 0.3) is 0 Å². The zero-order valence-corrected chi connectivity index (χ0v) is 11.8. The Morgan fingerprint density at radius 1 is 1.36 bits per heavy atom. The molecule has 0 aliphatic rings. The lowest BCUT2D eigenvalue weighted by atomic mass is 10.2. The number of halogens is 3. The summed E-state index contributed by atoms with van der Waals surface area (Å²) in [4.78, 5) is 15.9. The number of H-pyrrole nitrogens is 1. The molecule has 0 aliphatic carbocycles. The molecule has 1 aromatic carbocycles. The highest BCUT2D eigenvalue weighted by Crippen LogP contribution is 2.30. The minimum absolute atomic E-state index is 0.0469. The lowest BCUT2D eigenvalue weighted by Crippen LogP contribution is -2.31. The van der Waals surface area contributed by atoms with Gasteiger partial charge >= 0.3 is 12.2 Å². The molecule has 3 N–H and O–H groups in total. The van der Waals surface area contributed by atoms with Gasteiger partial charge in [0, 0.05) is 5.69 Å². The summed E-state index contributed by atoms with van der Waals surface area (Å²) >= 11 is 0. The largest absolute Gasteiger partial charge is 0.416 e. The number of hydrogen-bond acceptors (Lipinski definition) is 3. The van der Waals surface area contributed by atoms with Crippen molar-refractivity contribution >= 4 is 11.7 Å².